The summed E-state index contributed by atoms with van der Waals surface area (Å²) in [6.45, 7) is 1.81. The number of likely N-dealkylation sites (tertiary alicyclic amines) is 1. The van der Waals surface area contributed by atoms with E-state index in [1.807, 2.05) is 7.05 Å². The molecule has 0 aromatic carbocycles. The molecule has 1 fully saturated rings. The van der Waals surface area contributed by atoms with E-state index in [1.54, 1.807) is 0 Å². The molecule has 0 bridgehead atoms. The maximum Gasteiger partial charge on any atom is 0.265 e. The van der Waals surface area contributed by atoms with Crippen LogP contribution in [-0.4, -0.2) is 43.8 Å². The molecule has 0 amide bonds. The van der Waals surface area contributed by atoms with Crippen molar-refractivity contribution >= 4 is 10.1 Å². The minimum atomic E-state index is -3.77. The SMILES string of the molecule is CN1CCCC(CS(=O)(=O)O)C1. The van der Waals surface area contributed by atoms with Gasteiger partial charge in [0.1, 0.15) is 0 Å². The van der Waals surface area contributed by atoms with E-state index in [-0.39, 0.29) is 11.7 Å². The van der Waals surface area contributed by atoms with E-state index in [9.17, 15) is 8.42 Å². The minimum absolute atomic E-state index is 0.0860. The van der Waals surface area contributed by atoms with Crippen molar-refractivity contribution in [2.24, 2.45) is 5.92 Å². The van der Waals surface area contributed by atoms with Crippen molar-refractivity contribution in [3.63, 3.8) is 0 Å². The first-order valence-electron chi connectivity index (χ1n) is 4.11. The lowest BCUT2D eigenvalue weighted by Gasteiger charge is -2.28. The van der Waals surface area contributed by atoms with Crippen LogP contribution in [0.3, 0.4) is 0 Å². The average molecular weight is 193 g/mol. The molecule has 0 radical (unpaired) electrons. The molecule has 0 saturated carbocycles. The number of nitrogens with zero attached hydrogens (tertiary/aromatic N) is 1. The van der Waals surface area contributed by atoms with Crippen LogP contribution in [0.15, 0.2) is 0 Å². The van der Waals surface area contributed by atoms with E-state index in [0.717, 1.165) is 25.9 Å². The van der Waals surface area contributed by atoms with E-state index in [2.05, 4.69) is 4.90 Å². The second kappa shape index (κ2) is 3.72. The summed E-state index contributed by atoms with van der Waals surface area (Å²) in [5.74, 6) is 0.0240. The largest absolute Gasteiger partial charge is 0.306 e. The summed E-state index contributed by atoms with van der Waals surface area (Å²) < 4.78 is 29.7. The quantitative estimate of drug-likeness (QED) is 0.637. The number of hydrogen-bond donors (Lipinski definition) is 1. The van der Waals surface area contributed by atoms with Crippen LogP contribution in [0.2, 0.25) is 0 Å². The zero-order valence-electron chi connectivity index (χ0n) is 7.23. The van der Waals surface area contributed by atoms with Crippen LogP contribution in [0, 0.1) is 5.92 Å². The molecular formula is C7H15NO3S. The molecule has 12 heavy (non-hydrogen) atoms. The standard InChI is InChI=1S/C7H15NO3S/c1-8-4-2-3-7(5-8)6-12(9,10)11/h7H,2-6H2,1H3,(H,9,10,11). The van der Waals surface area contributed by atoms with Crippen molar-refractivity contribution in [2.45, 2.75) is 12.8 Å². The summed E-state index contributed by atoms with van der Waals surface area (Å²) in [6.07, 6.45) is 1.93. The van der Waals surface area contributed by atoms with Crippen molar-refractivity contribution in [3.05, 3.63) is 0 Å². The molecule has 1 heterocycles. The predicted octanol–water partition coefficient (Wildman–Crippen LogP) is 0.216. The van der Waals surface area contributed by atoms with Crippen LogP contribution in [0.25, 0.3) is 0 Å². The third kappa shape index (κ3) is 3.51. The molecule has 0 aliphatic carbocycles. The molecule has 1 unspecified atom stereocenters. The Hall–Kier alpha value is -0.130. The summed E-state index contributed by atoms with van der Waals surface area (Å²) in [4.78, 5) is 2.10. The Morgan fingerprint density at radius 1 is 1.58 bits per heavy atom. The third-order valence-electron chi connectivity index (χ3n) is 2.17. The van der Waals surface area contributed by atoms with Crippen LogP contribution in [-0.2, 0) is 10.1 Å². The van der Waals surface area contributed by atoms with Gasteiger partial charge in [0.2, 0.25) is 0 Å². The van der Waals surface area contributed by atoms with E-state index >= 15 is 0 Å². The molecule has 1 N–H and O–H groups in total. The Morgan fingerprint density at radius 2 is 2.25 bits per heavy atom. The zero-order valence-corrected chi connectivity index (χ0v) is 8.05. The second-order valence-corrected chi connectivity index (χ2v) is 5.02. The van der Waals surface area contributed by atoms with Gasteiger partial charge in [0.05, 0.1) is 5.75 Å². The van der Waals surface area contributed by atoms with Crippen LogP contribution in [0.5, 0.6) is 0 Å². The maximum absolute atomic E-state index is 10.5. The number of rotatable bonds is 2. The number of hydrogen-bond acceptors (Lipinski definition) is 3. The molecule has 1 saturated heterocycles. The van der Waals surface area contributed by atoms with Gasteiger partial charge in [-0.05, 0) is 32.4 Å². The lowest BCUT2D eigenvalue weighted by atomic mass is 10.0. The summed E-state index contributed by atoms with van der Waals surface area (Å²) in [6, 6.07) is 0. The maximum atomic E-state index is 10.5. The van der Waals surface area contributed by atoms with Gasteiger partial charge >= 0.3 is 0 Å². The third-order valence-corrected chi connectivity index (χ3v) is 3.06. The molecular weight excluding hydrogens is 178 g/mol. The summed E-state index contributed by atoms with van der Waals surface area (Å²) in [5, 5.41) is 0. The molecule has 1 aliphatic heterocycles. The van der Waals surface area contributed by atoms with E-state index < -0.39 is 10.1 Å². The molecule has 0 aromatic heterocycles. The minimum Gasteiger partial charge on any atom is -0.306 e. The highest BCUT2D eigenvalue weighted by Crippen LogP contribution is 2.16. The monoisotopic (exact) mass is 193 g/mol. The van der Waals surface area contributed by atoms with Crippen molar-refractivity contribution in [1.29, 1.82) is 0 Å². The summed E-state index contributed by atoms with van der Waals surface area (Å²) >= 11 is 0. The van der Waals surface area contributed by atoms with E-state index in [0.29, 0.717) is 0 Å². The summed E-state index contributed by atoms with van der Waals surface area (Å²) in [5.41, 5.74) is 0. The van der Waals surface area contributed by atoms with Crippen LogP contribution in [0.4, 0.5) is 0 Å². The van der Waals surface area contributed by atoms with Gasteiger partial charge in [0, 0.05) is 6.54 Å². The molecule has 0 spiro atoms. The van der Waals surface area contributed by atoms with Crippen molar-refractivity contribution in [1.82, 2.24) is 4.90 Å². The average Bonchev–Trinajstić information content (AvgIpc) is 1.82. The topological polar surface area (TPSA) is 57.6 Å². The normalized spacial score (nSPS) is 27.3. The van der Waals surface area contributed by atoms with Gasteiger partial charge in [-0.15, -0.1) is 0 Å². The second-order valence-electron chi connectivity index (χ2n) is 3.52. The van der Waals surface area contributed by atoms with E-state index in [1.165, 1.54) is 0 Å². The fourth-order valence-corrected chi connectivity index (χ4v) is 2.57. The lowest BCUT2D eigenvalue weighted by molar-refractivity contribution is 0.221. The Balaban J connectivity index is 2.43. The first kappa shape index (κ1) is 9.95. The van der Waals surface area contributed by atoms with Gasteiger partial charge in [-0.25, -0.2) is 0 Å². The first-order chi connectivity index (χ1) is 5.47. The molecule has 5 heteroatoms. The van der Waals surface area contributed by atoms with Crippen LogP contribution >= 0.6 is 0 Å². The van der Waals surface area contributed by atoms with Gasteiger partial charge in [0.25, 0.3) is 10.1 Å². The fraction of sp³-hybridized carbons (Fsp3) is 1.00. The fourth-order valence-electron chi connectivity index (χ4n) is 1.71. The molecule has 4 nitrogen and oxygen atoms in total. The lowest BCUT2D eigenvalue weighted by Crippen LogP contribution is -2.35. The molecule has 1 aliphatic rings. The highest BCUT2D eigenvalue weighted by atomic mass is 32.2. The van der Waals surface area contributed by atoms with Crippen LogP contribution < -0.4 is 0 Å². The predicted molar refractivity (Wildman–Crippen MR) is 46.6 cm³/mol. The Bertz CT molecular complexity index is 237. The van der Waals surface area contributed by atoms with E-state index in [4.69, 9.17) is 4.55 Å². The van der Waals surface area contributed by atoms with Crippen molar-refractivity contribution < 1.29 is 13.0 Å². The molecule has 1 atom stereocenters. The summed E-state index contributed by atoms with van der Waals surface area (Å²) in [7, 11) is -1.81. The Kier molecular flexibility index (Phi) is 3.09. The highest BCUT2D eigenvalue weighted by molar-refractivity contribution is 7.85. The number of piperidine rings is 1. The molecule has 1 rings (SSSR count). The Morgan fingerprint density at radius 3 is 2.75 bits per heavy atom. The van der Waals surface area contributed by atoms with Crippen LogP contribution in [0.1, 0.15) is 12.8 Å². The highest BCUT2D eigenvalue weighted by Gasteiger charge is 2.21. The molecule has 72 valence electrons. The smallest absolute Gasteiger partial charge is 0.265 e. The molecule has 0 aromatic rings. The van der Waals surface area contributed by atoms with Crippen molar-refractivity contribution in [2.75, 3.05) is 25.9 Å². The van der Waals surface area contributed by atoms with Gasteiger partial charge < -0.3 is 4.90 Å². The Labute approximate surface area is 73.3 Å². The van der Waals surface area contributed by atoms with Gasteiger partial charge in [-0.2, -0.15) is 8.42 Å². The van der Waals surface area contributed by atoms with Gasteiger partial charge in [0.15, 0.2) is 0 Å². The zero-order chi connectivity index (χ0) is 9.19. The van der Waals surface area contributed by atoms with Crippen molar-refractivity contribution in [3.8, 4) is 0 Å². The van der Waals surface area contributed by atoms with Gasteiger partial charge in [-0.3, -0.25) is 4.55 Å². The van der Waals surface area contributed by atoms with Gasteiger partial charge in [-0.1, -0.05) is 0 Å². The first-order valence-corrected chi connectivity index (χ1v) is 5.72.